The summed E-state index contributed by atoms with van der Waals surface area (Å²) in [7, 11) is 2.00. The van der Waals surface area contributed by atoms with Crippen LogP contribution < -0.4 is 5.73 Å². The SMILES string of the molecule is CC(C(=N)N)N(C)CCc1cccs1. The third-order valence-electron chi connectivity index (χ3n) is 2.40. The van der Waals surface area contributed by atoms with Gasteiger partial charge in [0.25, 0.3) is 0 Å². The number of hydrogen-bond donors (Lipinski definition) is 2. The molecule has 0 spiro atoms. The molecule has 0 saturated heterocycles. The Labute approximate surface area is 89.0 Å². The van der Waals surface area contributed by atoms with E-state index in [2.05, 4.69) is 22.4 Å². The number of hydrogen-bond acceptors (Lipinski definition) is 3. The zero-order valence-corrected chi connectivity index (χ0v) is 9.47. The van der Waals surface area contributed by atoms with Crippen LogP contribution in [0, 0.1) is 5.41 Å². The van der Waals surface area contributed by atoms with Crippen molar-refractivity contribution in [1.82, 2.24) is 4.90 Å². The molecule has 0 saturated carbocycles. The van der Waals surface area contributed by atoms with Crippen molar-refractivity contribution in [2.45, 2.75) is 19.4 Å². The van der Waals surface area contributed by atoms with E-state index in [0.29, 0.717) is 0 Å². The molecule has 0 aromatic carbocycles. The highest BCUT2D eigenvalue weighted by Crippen LogP contribution is 2.10. The molecule has 1 aromatic rings. The van der Waals surface area contributed by atoms with Gasteiger partial charge in [-0.1, -0.05) is 6.07 Å². The summed E-state index contributed by atoms with van der Waals surface area (Å²) in [5, 5.41) is 9.41. The maximum Gasteiger partial charge on any atom is 0.108 e. The second kappa shape index (κ2) is 5.12. The average molecular weight is 211 g/mol. The van der Waals surface area contributed by atoms with E-state index in [1.807, 2.05) is 14.0 Å². The van der Waals surface area contributed by atoms with Gasteiger partial charge in [-0.25, -0.2) is 0 Å². The minimum absolute atomic E-state index is 0.0370. The normalized spacial score (nSPS) is 13.1. The Morgan fingerprint density at radius 1 is 1.71 bits per heavy atom. The van der Waals surface area contributed by atoms with Crippen molar-refractivity contribution in [1.29, 1.82) is 5.41 Å². The summed E-state index contributed by atoms with van der Waals surface area (Å²) in [4.78, 5) is 3.48. The fraction of sp³-hybridized carbons (Fsp3) is 0.500. The lowest BCUT2D eigenvalue weighted by molar-refractivity contribution is 0.314. The highest BCUT2D eigenvalue weighted by Gasteiger charge is 2.11. The molecule has 0 bridgehead atoms. The Morgan fingerprint density at radius 3 is 2.93 bits per heavy atom. The first-order valence-electron chi connectivity index (χ1n) is 4.68. The number of likely N-dealkylation sites (N-methyl/N-ethyl adjacent to an activating group) is 1. The minimum Gasteiger partial charge on any atom is -0.386 e. The maximum absolute atomic E-state index is 7.32. The summed E-state index contributed by atoms with van der Waals surface area (Å²) in [5.74, 6) is 0.235. The minimum atomic E-state index is 0.0370. The molecule has 0 aliphatic carbocycles. The lowest BCUT2D eigenvalue weighted by atomic mass is 10.2. The van der Waals surface area contributed by atoms with Gasteiger partial charge < -0.3 is 5.73 Å². The highest BCUT2D eigenvalue weighted by atomic mass is 32.1. The van der Waals surface area contributed by atoms with Crippen LogP contribution in [-0.4, -0.2) is 30.4 Å². The van der Waals surface area contributed by atoms with Crippen molar-refractivity contribution < 1.29 is 0 Å². The molecule has 4 heteroatoms. The van der Waals surface area contributed by atoms with Crippen molar-refractivity contribution >= 4 is 17.2 Å². The molecule has 3 N–H and O–H groups in total. The van der Waals surface area contributed by atoms with Gasteiger partial charge in [0.15, 0.2) is 0 Å². The predicted molar refractivity (Wildman–Crippen MR) is 62.0 cm³/mol. The second-order valence-electron chi connectivity index (χ2n) is 3.44. The largest absolute Gasteiger partial charge is 0.386 e. The van der Waals surface area contributed by atoms with Gasteiger partial charge >= 0.3 is 0 Å². The number of nitrogens with two attached hydrogens (primary N) is 1. The first kappa shape index (κ1) is 11.2. The first-order chi connectivity index (χ1) is 6.61. The molecule has 0 fully saturated rings. The topological polar surface area (TPSA) is 53.1 Å². The number of nitrogens with one attached hydrogen (secondary N) is 1. The van der Waals surface area contributed by atoms with E-state index in [1.54, 1.807) is 11.3 Å². The molecule has 0 amide bonds. The second-order valence-corrected chi connectivity index (χ2v) is 4.47. The Balaban J connectivity index is 2.34. The van der Waals surface area contributed by atoms with Crippen molar-refractivity contribution in [3.63, 3.8) is 0 Å². The van der Waals surface area contributed by atoms with Gasteiger partial charge in [0.2, 0.25) is 0 Å². The zero-order valence-electron chi connectivity index (χ0n) is 8.66. The molecular weight excluding hydrogens is 194 g/mol. The Kier molecular flexibility index (Phi) is 4.10. The van der Waals surface area contributed by atoms with Crippen LogP contribution in [-0.2, 0) is 6.42 Å². The van der Waals surface area contributed by atoms with Crippen LogP contribution in [0.3, 0.4) is 0 Å². The van der Waals surface area contributed by atoms with Gasteiger partial charge in [0.1, 0.15) is 5.84 Å². The first-order valence-corrected chi connectivity index (χ1v) is 5.55. The van der Waals surface area contributed by atoms with Gasteiger partial charge in [0, 0.05) is 11.4 Å². The molecular formula is C10H17N3S. The Bertz CT molecular complexity index is 282. The van der Waals surface area contributed by atoms with Gasteiger partial charge in [-0.3, -0.25) is 10.3 Å². The third kappa shape index (κ3) is 3.12. The number of thiophene rings is 1. The standard InChI is InChI=1S/C10H17N3S/c1-8(10(11)12)13(2)6-5-9-4-3-7-14-9/h3-4,7-8H,5-6H2,1-2H3,(H3,11,12). The van der Waals surface area contributed by atoms with Crippen LogP contribution in [0.15, 0.2) is 17.5 Å². The van der Waals surface area contributed by atoms with Crippen LogP contribution in [0.4, 0.5) is 0 Å². The van der Waals surface area contributed by atoms with Crippen molar-refractivity contribution in [3.8, 4) is 0 Å². The van der Waals surface area contributed by atoms with E-state index < -0.39 is 0 Å². The molecule has 1 aromatic heterocycles. The summed E-state index contributed by atoms with van der Waals surface area (Å²) >= 11 is 1.77. The summed E-state index contributed by atoms with van der Waals surface area (Å²) in [5.41, 5.74) is 5.43. The van der Waals surface area contributed by atoms with E-state index >= 15 is 0 Å². The lowest BCUT2D eigenvalue weighted by Gasteiger charge is -2.22. The van der Waals surface area contributed by atoms with Gasteiger partial charge in [0.05, 0.1) is 6.04 Å². The molecule has 14 heavy (non-hydrogen) atoms. The van der Waals surface area contributed by atoms with E-state index in [4.69, 9.17) is 11.1 Å². The molecule has 3 nitrogen and oxygen atoms in total. The number of rotatable bonds is 5. The zero-order chi connectivity index (χ0) is 10.6. The molecule has 1 rings (SSSR count). The van der Waals surface area contributed by atoms with Gasteiger partial charge in [-0.05, 0) is 31.8 Å². The highest BCUT2D eigenvalue weighted by molar-refractivity contribution is 7.09. The fourth-order valence-corrected chi connectivity index (χ4v) is 1.87. The smallest absolute Gasteiger partial charge is 0.108 e. The van der Waals surface area contributed by atoms with Crippen molar-refractivity contribution in [2.24, 2.45) is 5.73 Å². The van der Waals surface area contributed by atoms with Gasteiger partial charge in [-0.2, -0.15) is 0 Å². The van der Waals surface area contributed by atoms with E-state index in [9.17, 15) is 0 Å². The summed E-state index contributed by atoms with van der Waals surface area (Å²) in [6.07, 6.45) is 1.03. The van der Waals surface area contributed by atoms with Gasteiger partial charge in [-0.15, -0.1) is 11.3 Å². The summed E-state index contributed by atoms with van der Waals surface area (Å²) in [6, 6.07) is 4.24. The van der Waals surface area contributed by atoms with Crippen molar-refractivity contribution in [2.75, 3.05) is 13.6 Å². The van der Waals surface area contributed by atoms with E-state index in [0.717, 1.165) is 13.0 Å². The van der Waals surface area contributed by atoms with Crippen LogP contribution >= 0.6 is 11.3 Å². The predicted octanol–water partition coefficient (Wildman–Crippen LogP) is 1.55. The molecule has 0 radical (unpaired) electrons. The van der Waals surface area contributed by atoms with Crippen molar-refractivity contribution in [3.05, 3.63) is 22.4 Å². The molecule has 1 atom stereocenters. The Hall–Kier alpha value is -0.870. The maximum atomic E-state index is 7.32. The number of nitrogens with zero attached hydrogens (tertiary/aromatic N) is 1. The van der Waals surface area contributed by atoms with Crippen LogP contribution in [0.25, 0.3) is 0 Å². The number of amidine groups is 1. The monoisotopic (exact) mass is 211 g/mol. The van der Waals surface area contributed by atoms with Crippen LogP contribution in [0.2, 0.25) is 0 Å². The van der Waals surface area contributed by atoms with Crippen LogP contribution in [0.5, 0.6) is 0 Å². The van der Waals surface area contributed by atoms with Crippen LogP contribution in [0.1, 0.15) is 11.8 Å². The molecule has 1 heterocycles. The fourth-order valence-electron chi connectivity index (χ4n) is 1.17. The molecule has 0 aliphatic rings. The Morgan fingerprint density at radius 2 is 2.43 bits per heavy atom. The summed E-state index contributed by atoms with van der Waals surface area (Å²) < 4.78 is 0. The summed E-state index contributed by atoms with van der Waals surface area (Å²) in [6.45, 7) is 2.90. The lowest BCUT2D eigenvalue weighted by Crippen LogP contribution is -2.40. The average Bonchev–Trinajstić information content (AvgIpc) is 2.65. The molecule has 0 aliphatic heterocycles. The molecule has 78 valence electrons. The quantitative estimate of drug-likeness (QED) is 0.573. The van der Waals surface area contributed by atoms with E-state index in [1.165, 1.54) is 4.88 Å². The van der Waals surface area contributed by atoms with E-state index in [-0.39, 0.29) is 11.9 Å². The third-order valence-corrected chi connectivity index (χ3v) is 3.34. The molecule has 1 unspecified atom stereocenters.